The molecular formula is C25H32O5S. The summed E-state index contributed by atoms with van der Waals surface area (Å²) in [5.74, 6) is -1.54. The van der Waals surface area contributed by atoms with Crippen LogP contribution in [0, 0.1) is 18.3 Å². The lowest BCUT2D eigenvalue weighted by molar-refractivity contribution is -0.276. The average molecular weight is 445 g/mol. The van der Waals surface area contributed by atoms with Crippen LogP contribution in [0.1, 0.15) is 61.6 Å². The number of rotatable bonds is 6. The van der Waals surface area contributed by atoms with Gasteiger partial charge in [-0.3, -0.25) is 4.18 Å². The van der Waals surface area contributed by atoms with E-state index in [1.807, 2.05) is 26.0 Å². The molecule has 2 N–H and O–H groups in total. The molecule has 4 rings (SSSR count). The van der Waals surface area contributed by atoms with Crippen LogP contribution >= 0.6 is 0 Å². The summed E-state index contributed by atoms with van der Waals surface area (Å²) >= 11 is 0. The highest BCUT2D eigenvalue weighted by molar-refractivity contribution is 7.86. The molecule has 168 valence electrons. The molecule has 0 amide bonds. The summed E-state index contributed by atoms with van der Waals surface area (Å²) in [4.78, 5) is 0.162. The van der Waals surface area contributed by atoms with Crippen LogP contribution in [0.2, 0.25) is 0 Å². The Kier molecular flexibility index (Phi) is 6.03. The monoisotopic (exact) mass is 444 g/mol. The van der Waals surface area contributed by atoms with Crippen LogP contribution in [-0.2, 0) is 20.7 Å². The first-order valence-corrected chi connectivity index (χ1v) is 12.5. The maximum Gasteiger partial charge on any atom is 0.296 e. The predicted molar refractivity (Wildman–Crippen MR) is 119 cm³/mol. The maximum absolute atomic E-state index is 12.4. The van der Waals surface area contributed by atoms with Gasteiger partial charge in [0.05, 0.1) is 11.5 Å². The van der Waals surface area contributed by atoms with Gasteiger partial charge in [0, 0.05) is 11.8 Å². The standard InChI is InChI=1S/C25H32O5S/c1-18-9-11-21(12-10-18)31(28,29)30-15-5-6-19-16-23-22-8-4-3-7-20(22)13-14-24(23,2)25(26,27)17-19/h3-4,7-12,19,23,26-27H,5-6,13-17H2,1-2H3. The Hall–Kier alpha value is -1.73. The normalized spacial score (nSPS) is 27.4. The molecule has 0 bridgehead atoms. The smallest absolute Gasteiger partial charge is 0.296 e. The van der Waals surface area contributed by atoms with E-state index in [-0.39, 0.29) is 23.3 Å². The lowest BCUT2D eigenvalue weighted by atomic mass is 9.53. The number of benzene rings is 2. The predicted octanol–water partition coefficient (Wildman–Crippen LogP) is 4.31. The first-order valence-electron chi connectivity index (χ1n) is 11.1. The molecule has 2 aliphatic carbocycles. The van der Waals surface area contributed by atoms with Gasteiger partial charge in [-0.05, 0) is 74.1 Å². The van der Waals surface area contributed by atoms with Gasteiger partial charge >= 0.3 is 0 Å². The molecule has 6 heteroatoms. The second kappa shape index (κ2) is 8.32. The molecule has 0 aromatic heterocycles. The average Bonchev–Trinajstić information content (AvgIpc) is 2.72. The molecule has 0 radical (unpaired) electrons. The molecule has 5 nitrogen and oxygen atoms in total. The van der Waals surface area contributed by atoms with Gasteiger partial charge in [0.1, 0.15) is 0 Å². The second-order valence-corrected chi connectivity index (χ2v) is 11.1. The first kappa shape index (κ1) is 22.5. The Morgan fingerprint density at radius 2 is 1.81 bits per heavy atom. The van der Waals surface area contributed by atoms with Crippen LogP contribution in [0.15, 0.2) is 53.4 Å². The Bertz CT molecular complexity index is 1030. The summed E-state index contributed by atoms with van der Waals surface area (Å²) in [6, 6.07) is 14.9. The van der Waals surface area contributed by atoms with Gasteiger partial charge in [-0.2, -0.15) is 8.42 Å². The topological polar surface area (TPSA) is 83.8 Å². The van der Waals surface area contributed by atoms with Crippen LogP contribution < -0.4 is 0 Å². The third-order valence-corrected chi connectivity index (χ3v) is 8.80. The van der Waals surface area contributed by atoms with Gasteiger partial charge in [-0.25, -0.2) is 0 Å². The van der Waals surface area contributed by atoms with Crippen LogP contribution in [0.5, 0.6) is 0 Å². The Balaban J connectivity index is 1.40. The van der Waals surface area contributed by atoms with Gasteiger partial charge in [0.2, 0.25) is 0 Å². The van der Waals surface area contributed by atoms with Crippen molar-refractivity contribution in [2.75, 3.05) is 6.61 Å². The van der Waals surface area contributed by atoms with Gasteiger partial charge in [0.25, 0.3) is 10.1 Å². The third-order valence-electron chi connectivity index (χ3n) is 7.48. The summed E-state index contributed by atoms with van der Waals surface area (Å²) in [5.41, 5.74) is 2.95. The molecule has 0 saturated heterocycles. The van der Waals surface area contributed by atoms with Crippen molar-refractivity contribution in [2.24, 2.45) is 11.3 Å². The molecule has 2 aromatic carbocycles. The molecular weight excluding hydrogens is 412 g/mol. The molecule has 31 heavy (non-hydrogen) atoms. The van der Waals surface area contributed by atoms with Crippen molar-refractivity contribution in [2.45, 2.75) is 69.0 Å². The maximum atomic E-state index is 12.4. The van der Waals surface area contributed by atoms with Crippen LogP contribution in [0.25, 0.3) is 0 Å². The minimum Gasteiger partial charge on any atom is -0.365 e. The van der Waals surface area contributed by atoms with E-state index in [0.717, 1.165) is 24.8 Å². The van der Waals surface area contributed by atoms with Crippen LogP contribution in [0.3, 0.4) is 0 Å². The fourth-order valence-corrected chi connectivity index (χ4v) is 6.41. The summed E-state index contributed by atoms with van der Waals surface area (Å²) in [7, 11) is -3.77. The summed E-state index contributed by atoms with van der Waals surface area (Å²) in [5, 5.41) is 22.0. The van der Waals surface area contributed by atoms with E-state index in [9.17, 15) is 18.6 Å². The SMILES string of the molecule is Cc1ccc(S(=O)(=O)OCCCC2CC3c4ccccc4CCC3(C)C(O)(O)C2)cc1. The summed E-state index contributed by atoms with van der Waals surface area (Å²) in [6.45, 7) is 4.00. The minimum atomic E-state index is -3.77. The van der Waals surface area contributed by atoms with Crippen molar-refractivity contribution in [3.8, 4) is 0 Å². The highest BCUT2D eigenvalue weighted by Crippen LogP contribution is 2.59. The van der Waals surface area contributed by atoms with E-state index in [1.54, 1.807) is 24.3 Å². The lowest BCUT2D eigenvalue weighted by Crippen LogP contribution is -2.56. The van der Waals surface area contributed by atoms with E-state index in [2.05, 4.69) is 12.1 Å². The van der Waals surface area contributed by atoms with E-state index in [4.69, 9.17) is 4.18 Å². The molecule has 0 spiro atoms. The lowest BCUT2D eigenvalue weighted by Gasteiger charge is -2.55. The molecule has 2 aromatic rings. The van der Waals surface area contributed by atoms with Crippen molar-refractivity contribution in [3.63, 3.8) is 0 Å². The Morgan fingerprint density at radius 3 is 2.55 bits per heavy atom. The number of fused-ring (bicyclic) bond motifs is 3. The molecule has 1 fully saturated rings. The first-order chi connectivity index (χ1) is 14.6. The zero-order valence-corrected chi connectivity index (χ0v) is 19.1. The van der Waals surface area contributed by atoms with Crippen molar-refractivity contribution in [1.82, 2.24) is 0 Å². The number of aryl methyl sites for hydroxylation is 2. The van der Waals surface area contributed by atoms with Gasteiger partial charge < -0.3 is 10.2 Å². The molecule has 2 aliphatic rings. The Morgan fingerprint density at radius 1 is 1.10 bits per heavy atom. The van der Waals surface area contributed by atoms with E-state index < -0.39 is 21.3 Å². The quantitative estimate of drug-likeness (QED) is 0.394. The molecule has 3 atom stereocenters. The molecule has 0 heterocycles. The number of hydrogen-bond donors (Lipinski definition) is 2. The molecule has 1 saturated carbocycles. The zero-order valence-electron chi connectivity index (χ0n) is 18.3. The molecule has 3 unspecified atom stereocenters. The zero-order chi connectivity index (χ0) is 22.3. The van der Waals surface area contributed by atoms with E-state index in [0.29, 0.717) is 19.3 Å². The van der Waals surface area contributed by atoms with Gasteiger partial charge in [-0.1, -0.05) is 48.9 Å². The van der Waals surface area contributed by atoms with Gasteiger partial charge in [0.15, 0.2) is 5.79 Å². The second-order valence-electron chi connectivity index (χ2n) is 9.52. The largest absolute Gasteiger partial charge is 0.365 e. The van der Waals surface area contributed by atoms with Crippen molar-refractivity contribution < 1.29 is 22.8 Å². The Labute approximate surface area is 185 Å². The van der Waals surface area contributed by atoms with Gasteiger partial charge in [-0.15, -0.1) is 0 Å². The van der Waals surface area contributed by atoms with E-state index in [1.165, 1.54) is 11.1 Å². The highest BCUT2D eigenvalue weighted by atomic mass is 32.2. The van der Waals surface area contributed by atoms with Crippen molar-refractivity contribution >= 4 is 10.1 Å². The third kappa shape index (κ3) is 4.31. The molecule has 0 aliphatic heterocycles. The highest BCUT2D eigenvalue weighted by Gasteiger charge is 2.57. The number of hydrogen-bond acceptors (Lipinski definition) is 5. The summed E-state index contributed by atoms with van der Waals surface area (Å²) in [6.07, 6.45) is 4.06. The van der Waals surface area contributed by atoms with Crippen molar-refractivity contribution in [3.05, 3.63) is 65.2 Å². The fourth-order valence-electron chi connectivity index (χ4n) is 5.47. The fraction of sp³-hybridized carbons (Fsp3) is 0.520. The van der Waals surface area contributed by atoms with Crippen LogP contribution in [0.4, 0.5) is 0 Å². The number of aliphatic hydroxyl groups is 2. The van der Waals surface area contributed by atoms with E-state index >= 15 is 0 Å². The van der Waals surface area contributed by atoms with Crippen LogP contribution in [-0.4, -0.2) is 31.0 Å². The minimum absolute atomic E-state index is 0.0865. The van der Waals surface area contributed by atoms with Crippen molar-refractivity contribution in [1.29, 1.82) is 0 Å². The summed E-state index contributed by atoms with van der Waals surface area (Å²) < 4.78 is 30.0.